The van der Waals surface area contributed by atoms with Crippen LogP contribution in [0.25, 0.3) is 10.6 Å². The molecular weight excluding hydrogens is 388 g/mol. The Labute approximate surface area is 153 Å². The van der Waals surface area contributed by atoms with Crippen LogP contribution in [-0.4, -0.2) is 19.2 Å². The number of ether oxygens (including phenoxy) is 2. The molecule has 1 N–H and O–H groups in total. The van der Waals surface area contributed by atoms with Crippen molar-refractivity contribution in [2.75, 3.05) is 19.5 Å². The van der Waals surface area contributed by atoms with Gasteiger partial charge in [0, 0.05) is 15.5 Å². The number of hydrogen-bond donors (Lipinski definition) is 1. The van der Waals surface area contributed by atoms with E-state index < -0.39 is 0 Å². The van der Waals surface area contributed by atoms with Gasteiger partial charge < -0.3 is 14.8 Å². The predicted molar refractivity (Wildman–Crippen MR) is 102 cm³/mol. The van der Waals surface area contributed by atoms with Crippen LogP contribution < -0.4 is 14.8 Å². The molecule has 0 fully saturated rings. The van der Waals surface area contributed by atoms with Crippen molar-refractivity contribution in [1.29, 1.82) is 0 Å². The first-order chi connectivity index (χ1) is 11.7. The molecule has 3 aromatic rings. The van der Waals surface area contributed by atoms with Gasteiger partial charge in [-0.05, 0) is 36.4 Å². The van der Waals surface area contributed by atoms with Crippen LogP contribution in [0.3, 0.4) is 0 Å². The molecule has 0 radical (unpaired) electrons. The highest BCUT2D eigenvalue weighted by Gasteiger charge is 2.14. The molecule has 0 atom stereocenters. The number of halogens is 1. The lowest BCUT2D eigenvalue weighted by atomic mass is 10.2. The Bertz CT molecular complexity index is 818. The number of methoxy groups -OCH3 is 2. The Morgan fingerprint density at radius 3 is 2.58 bits per heavy atom. The van der Waals surface area contributed by atoms with Gasteiger partial charge >= 0.3 is 0 Å². The molecule has 0 aliphatic heterocycles. The van der Waals surface area contributed by atoms with Crippen molar-refractivity contribution in [2.45, 2.75) is 6.54 Å². The van der Waals surface area contributed by atoms with Gasteiger partial charge in [0.05, 0.1) is 32.0 Å². The number of nitrogens with zero attached hydrogens (tertiary/aromatic N) is 1. The van der Waals surface area contributed by atoms with Gasteiger partial charge in [-0.1, -0.05) is 22.0 Å². The molecular formula is C18H17BrN2O2S. The smallest absolute Gasteiger partial charge is 0.170 e. The minimum absolute atomic E-state index is 0.671. The molecule has 1 aromatic heterocycles. The molecule has 3 rings (SSSR count). The number of rotatable bonds is 6. The quantitative estimate of drug-likeness (QED) is 0.612. The third kappa shape index (κ3) is 3.71. The zero-order valence-corrected chi connectivity index (χ0v) is 15.8. The highest BCUT2D eigenvalue weighted by molar-refractivity contribution is 9.10. The van der Waals surface area contributed by atoms with Gasteiger partial charge in [0.1, 0.15) is 5.01 Å². The van der Waals surface area contributed by atoms with Crippen molar-refractivity contribution >= 4 is 33.0 Å². The summed E-state index contributed by atoms with van der Waals surface area (Å²) in [5.74, 6) is 1.42. The molecule has 124 valence electrons. The fourth-order valence-corrected chi connectivity index (χ4v) is 3.43. The first-order valence-electron chi connectivity index (χ1n) is 7.36. The Morgan fingerprint density at radius 1 is 1.08 bits per heavy atom. The van der Waals surface area contributed by atoms with Gasteiger partial charge in [0.25, 0.3) is 0 Å². The van der Waals surface area contributed by atoms with Crippen LogP contribution in [0.5, 0.6) is 11.5 Å². The minimum Gasteiger partial charge on any atom is -0.493 e. The molecule has 0 bridgehead atoms. The summed E-state index contributed by atoms with van der Waals surface area (Å²) in [6, 6.07) is 13.9. The number of aromatic nitrogens is 1. The second-order valence-electron chi connectivity index (χ2n) is 5.05. The van der Waals surface area contributed by atoms with Crippen LogP contribution >= 0.6 is 27.3 Å². The summed E-state index contributed by atoms with van der Waals surface area (Å²) in [7, 11) is 3.28. The van der Waals surface area contributed by atoms with Gasteiger partial charge in [-0.25, -0.2) is 4.98 Å². The van der Waals surface area contributed by atoms with Gasteiger partial charge in [0.2, 0.25) is 0 Å². The Morgan fingerprint density at radius 2 is 1.88 bits per heavy atom. The topological polar surface area (TPSA) is 43.4 Å². The fraction of sp³-hybridized carbons (Fsp3) is 0.167. The maximum absolute atomic E-state index is 5.49. The van der Waals surface area contributed by atoms with Crippen molar-refractivity contribution in [3.63, 3.8) is 0 Å². The van der Waals surface area contributed by atoms with Crippen molar-refractivity contribution in [2.24, 2.45) is 0 Å². The standard InChI is InChI=1S/C18H17BrN2O2S/c1-22-16-5-3-4-15(17(16)23-2)18-21-14(11-24-18)10-20-13-8-6-12(19)7-9-13/h3-9,11,20H,10H2,1-2H3. The minimum atomic E-state index is 0.671. The molecule has 0 saturated heterocycles. The summed E-state index contributed by atoms with van der Waals surface area (Å²) in [6.07, 6.45) is 0. The van der Waals surface area contributed by atoms with E-state index in [0.29, 0.717) is 18.0 Å². The highest BCUT2D eigenvalue weighted by atomic mass is 79.9. The molecule has 2 aromatic carbocycles. The Balaban J connectivity index is 1.77. The molecule has 0 spiro atoms. The zero-order chi connectivity index (χ0) is 16.9. The molecule has 0 amide bonds. The van der Waals surface area contributed by atoms with E-state index in [2.05, 4.69) is 26.6 Å². The molecule has 0 saturated carbocycles. The van der Waals surface area contributed by atoms with Crippen LogP contribution in [0.1, 0.15) is 5.69 Å². The average Bonchev–Trinajstić information content (AvgIpc) is 3.09. The molecule has 6 heteroatoms. The van der Waals surface area contributed by atoms with E-state index in [4.69, 9.17) is 14.5 Å². The molecule has 0 unspecified atom stereocenters. The van der Waals surface area contributed by atoms with Crippen LogP contribution in [0.4, 0.5) is 5.69 Å². The van der Waals surface area contributed by atoms with Crippen LogP contribution in [0.15, 0.2) is 52.3 Å². The number of nitrogens with one attached hydrogen (secondary N) is 1. The Hall–Kier alpha value is -2.05. The molecule has 0 aliphatic rings. The lowest BCUT2D eigenvalue weighted by Gasteiger charge is -2.10. The summed E-state index contributed by atoms with van der Waals surface area (Å²) in [4.78, 5) is 4.71. The van der Waals surface area contributed by atoms with Gasteiger partial charge in [-0.15, -0.1) is 11.3 Å². The summed E-state index contributed by atoms with van der Waals surface area (Å²) < 4.78 is 11.9. The van der Waals surface area contributed by atoms with Crippen molar-refractivity contribution in [1.82, 2.24) is 4.98 Å². The lowest BCUT2D eigenvalue weighted by molar-refractivity contribution is 0.356. The van der Waals surface area contributed by atoms with Crippen LogP contribution in [-0.2, 0) is 6.54 Å². The first-order valence-corrected chi connectivity index (χ1v) is 9.03. The predicted octanol–water partition coefficient (Wildman–Crippen LogP) is 5.20. The summed E-state index contributed by atoms with van der Waals surface area (Å²) in [5.41, 5.74) is 2.99. The van der Waals surface area contributed by atoms with Gasteiger partial charge in [-0.2, -0.15) is 0 Å². The second-order valence-corrected chi connectivity index (χ2v) is 6.82. The third-order valence-corrected chi connectivity index (χ3v) is 4.96. The maximum Gasteiger partial charge on any atom is 0.170 e. The van der Waals surface area contributed by atoms with E-state index in [0.717, 1.165) is 26.4 Å². The van der Waals surface area contributed by atoms with E-state index >= 15 is 0 Å². The first kappa shape index (κ1) is 16.8. The normalized spacial score (nSPS) is 10.5. The zero-order valence-electron chi connectivity index (χ0n) is 13.4. The van der Waals surface area contributed by atoms with Crippen molar-refractivity contribution < 1.29 is 9.47 Å². The van der Waals surface area contributed by atoms with Gasteiger partial charge in [-0.3, -0.25) is 0 Å². The van der Waals surface area contributed by atoms with E-state index in [1.54, 1.807) is 25.6 Å². The van der Waals surface area contributed by atoms with Crippen molar-refractivity contribution in [3.8, 4) is 22.1 Å². The number of anilines is 1. The Kier molecular flexibility index (Phi) is 5.37. The number of thiazole rings is 1. The third-order valence-electron chi connectivity index (χ3n) is 3.50. The van der Waals surface area contributed by atoms with E-state index in [9.17, 15) is 0 Å². The number of para-hydroxylation sites is 1. The lowest BCUT2D eigenvalue weighted by Crippen LogP contribution is -1.99. The van der Waals surface area contributed by atoms with Crippen LogP contribution in [0, 0.1) is 0 Å². The summed E-state index contributed by atoms with van der Waals surface area (Å²) in [5, 5.41) is 6.34. The molecule has 0 aliphatic carbocycles. The number of benzene rings is 2. The SMILES string of the molecule is COc1cccc(-c2nc(CNc3ccc(Br)cc3)cs2)c1OC. The summed E-state index contributed by atoms with van der Waals surface area (Å²) >= 11 is 5.03. The fourth-order valence-electron chi connectivity index (χ4n) is 2.33. The van der Waals surface area contributed by atoms with Crippen molar-refractivity contribution in [3.05, 3.63) is 58.0 Å². The molecule has 1 heterocycles. The maximum atomic E-state index is 5.49. The highest BCUT2D eigenvalue weighted by Crippen LogP contribution is 2.39. The summed E-state index contributed by atoms with van der Waals surface area (Å²) in [6.45, 7) is 0.671. The number of hydrogen-bond acceptors (Lipinski definition) is 5. The van der Waals surface area contributed by atoms with E-state index in [1.165, 1.54) is 0 Å². The largest absolute Gasteiger partial charge is 0.493 e. The molecule has 24 heavy (non-hydrogen) atoms. The van der Waals surface area contributed by atoms with E-state index in [1.807, 2.05) is 42.5 Å². The second kappa shape index (κ2) is 7.68. The molecule has 4 nitrogen and oxygen atoms in total. The monoisotopic (exact) mass is 404 g/mol. The van der Waals surface area contributed by atoms with Gasteiger partial charge in [0.15, 0.2) is 11.5 Å². The van der Waals surface area contributed by atoms with Crippen LogP contribution in [0.2, 0.25) is 0 Å². The van der Waals surface area contributed by atoms with E-state index in [-0.39, 0.29) is 0 Å². The average molecular weight is 405 g/mol.